The summed E-state index contributed by atoms with van der Waals surface area (Å²) < 4.78 is 1.52. The fraction of sp³-hybridized carbons (Fsp3) is 0.800. The van der Waals surface area contributed by atoms with Crippen LogP contribution in [0.2, 0.25) is 0 Å². The first kappa shape index (κ1) is 11.7. The molecule has 90 valence electrons. The van der Waals surface area contributed by atoms with Crippen molar-refractivity contribution in [2.24, 2.45) is 18.7 Å². The predicted molar refractivity (Wildman–Crippen MR) is 64.5 cm³/mol. The molecule has 1 atom stereocenters. The van der Waals surface area contributed by atoms with Crippen LogP contribution in [0.3, 0.4) is 0 Å². The van der Waals surface area contributed by atoms with Crippen LogP contribution >= 0.6 is 11.8 Å². The van der Waals surface area contributed by atoms with Gasteiger partial charge in [-0.05, 0) is 18.8 Å². The van der Waals surface area contributed by atoms with Crippen LogP contribution in [0.5, 0.6) is 0 Å². The van der Waals surface area contributed by atoms with Crippen LogP contribution in [-0.4, -0.2) is 26.6 Å². The van der Waals surface area contributed by atoms with Gasteiger partial charge in [0.15, 0.2) is 5.16 Å². The smallest absolute Gasteiger partial charge is 0.327 e. The number of aromatic nitrogens is 3. The lowest BCUT2D eigenvalue weighted by Gasteiger charge is -2.17. The molecule has 0 bridgehead atoms. The van der Waals surface area contributed by atoms with E-state index in [9.17, 15) is 4.79 Å². The molecule has 1 aromatic rings. The SMILES string of the molecule is Cn1c(SCC(N)C2CCCC2)n[nH]c1=O. The van der Waals surface area contributed by atoms with Gasteiger partial charge in [0.2, 0.25) is 0 Å². The van der Waals surface area contributed by atoms with E-state index in [-0.39, 0.29) is 11.7 Å². The van der Waals surface area contributed by atoms with Crippen LogP contribution in [0.1, 0.15) is 25.7 Å². The summed E-state index contributed by atoms with van der Waals surface area (Å²) in [7, 11) is 1.72. The van der Waals surface area contributed by atoms with Crippen molar-refractivity contribution in [3.05, 3.63) is 10.5 Å². The van der Waals surface area contributed by atoms with Crippen molar-refractivity contribution in [2.75, 3.05) is 5.75 Å². The van der Waals surface area contributed by atoms with Gasteiger partial charge in [0, 0.05) is 18.8 Å². The van der Waals surface area contributed by atoms with Crippen molar-refractivity contribution < 1.29 is 0 Å². The average molecular weight is 242 g/mol. The Morgan fingerprint density at radius 2 is 2.31 bits per heavy atom. The fourth-order valence-electron chi connectivity index (χ4n) is 2.15. The third-order valence-electron chi connectivity index (χ3n) is 3.25. The van der Waals surface area contributed by atoms with Crippen LogP contribution in [0.15, 0.2) is 9.95 Å². The molecule has 0 amide bonds. The highest BCUT2D eigenvalue weighted by Gasteiger charge is 2.22. The third kappa shape index (κ3) is 2.49. The minimum atomic E-state index is -0.170. The van der Waals surface area contributed by atoms with Gasteiger partial charge in [-0.3, -0.25) is 4.57 Å². The molecule has 1 aromatic heterocycles. The van der Waals surface area contributed by atoms with Gasteiger partial charge in [-0.25, -0.2) is 9.89 Å². The van der Waals surface area contributed by atoms with Gasteiger partial charge in [0.1, 0.15) is 0 Å². The summed E-state index contributed by atoms with van der Waals surface area (Å²) in [6.07, 6.45) is 5.12. The largest absolute Gasteiger partial charge is 0.343 e. The number of hydrogen-bond donors (Lipinski definition) is 2. The van der Waals surface area contributed by atoms with Crippen molar-refractivity contribution in [3.8, 4) is 0 Å². The normalized spacial score (nSPS) is 19.1. The Balaban J connectivity index is 1.87. The number of aromatic amines is 1. The van der Waals surface area contributed by atoms with Crippen LogP contribution in [0, 0.1) is 5.92 Å². The zero-order chi connectivity index (χ0) is 11.5. The molecule has 0 radical (unpaired) electrons. The summed E-state index contributed by atoms with van der Waals surface area (Å²) >= 11 is 1.56. The molecule has 1 unspecified atom stereocenters. The maximum atomic E-state index is 11.1. The number of rotatable bonds is 4. The first-order chi connectivity index (χ1) is 7.68. The number of hydrogen-bond acceptors (Lipinski definition) is 4. The maximum Gasteiger partial charge on any atom is 0.343 e. The molecular weight excluding hydrogens is 224 g/mol. The molecule has 1 aliphatic carbocycles. The van der Waals surface area contributed by atoms with Crippen LogP contribution in [0.25, 0.3) is 0 Å². The van der Waals surface area contributed by atoms with Gasteiger partial charge < -0.3 is 5.73 Å². The van der Waals surface area contributed by atoms with E-state index in [1.165, 1.54) is 30.3 Å². The second-order valence-corrected chi connectivity index (χ2v) is 5.38. The molecule has 0 aromatic carbocycles. The Labute approximate surface area is 98.8 Å². The molecule has 6 heteroatoms. The molecule has 1 aliphatic rings. The van der Waals surface area contributed by atoms with Crippen molar-refractivity contribution in [3.63, 3.8) is 0 Å². The Morgan fingerprint density at radius 3 is 2.88 bits per heavy atom. The third-order valence-corrected chi connectivity index (χ3v) is 4.42. The van der Waals surface area contributed by atoms with E-state index in [1.54, 1.807) is 18.8 Å². The molecule has 0 aliphatic heterocycles. The molecule has 0 spiro atoms. The standard InChI is InChI=1S/C10H18N4OS/c1-14-9(15)12-13-10(14)16-6-8(11)7-4-2-3-5-7/h7-8H,2-6,11H2,1H3,(H,12,15). The van der Waals surface area contributed by atoms with Gasteiger partial charge >= 0.3 is 5.69 Å². The Morgan fingerprint density at radius 1 is 1.62 bits per heavy atom. The average Bonchev–Trinajstić information content (AvgIpc) is 2.89. The van der Waals surface area contributed by atoms with Crippen LogP contribution in [0.4, 0.5) is 0 Å². The van der Waals surface area contributed by atoms with Gasteiger partial charge in [-0.15, -0.1) is 5.10 Å². The number of thioether (sulfide) groups is 1. The second-order valence-electron chi connectivity index (χ2n) is 4.39. The van der Waals surface area contributed by atoms with Crippen molar-refractivity contribution in [1.82, 2.24) is 14.8 Å². The summed E-state index contributed by atoms with van der Waals surface area (Å²) in [6.45, 7) is 0. The zero-order valence-corrected chi connectivity index (χ0v) is 10.3. The minimum absolute atomic E-state index is 0.170. The number of nitrogens with zero attached hydrogens (tertiary/aromatic N) is 2. The summed E-state index contributed by atoms with van der Waals surface area (Å²) in [4.78, 5) is 11.1. The molecular formula is C10H18N4OS. The van der Waals surface area contributed by atoms with Crippen LogP contribution in [-0.2, 0) is 7.05 Å². The van der Waals surface area contributed by atoms with E-state index in [4.69, 9.17) is 5.73 Å². The molecule has 3 N–H and O–H groups in total. The Bertz CT molecular complexity index is 394. The van der Waals surface area contributed by atoms with Gasteiger partial charge in [-0.2, -0.15) is 0 Å². The topological polar surface area (TPSA) is 76.7 Å². The van der Waals surface area contributed by atoms with E-state index in [2.05, 4.69) is 10.2 Å². The molecule has 16 heavy (non-hydrogen) atoms. The highest BCUT2D eigenvalue weighted by Crippen LogP contribution is 2.29. The van der Waals surface area contributed by atoms with Gasteiger partial charge in [0.05, 0.1) is 0 Å². The summed E-state index contributed by atoms with van der Waals surface area (Å²) in [5, 5.41) is 7.09. The lowest BCUT2D eigenvalue weighted by Crippen LogP contribution is -2.31. The first-order valence-electron chi connectivity index (χ1n) is 5.68. The Hall–Kier alpha value is -0.750. The van der Waals surface area contributed by atoms with Gasteiger partial charge in [-0.1, -0.05) is 24.6 Å². The molecule has 5 nitrogen and oxygen atoms in total. The summed E-state index contributed by atoms with van der Waals surface area (Å²) in [6, 6.07) is 0.222. The second kappa shape index (κ2) is 5.05. The quantitative estimate of drug-likeness (QED) is 0.763. The van der Waals surface area contributed by atoms with E-state index in [1.807, 2.05) is 0 Å². The monoisotopic (exact) mass is 242 g/mol. The first-order valence-corrected chi connectivity index (χ1v) is 6.67. The number of nitrogens with two attached hydrogens (primary N) is 1. The summed E-state index contributed by atoms with van der Waals surface area (Å²) in [5.74, 6) is 1.49. The predicted octanol–water partition coefficient (Wildman–Crippen LogP) is 0.718. The molecule has 1 fully saturated rings. The van der Waals surface area contributed by atoms with Crippen LogP contribution < -0.4 is 11.4 Å². The highest BCUT2D eigenvalue weighted by molar-refractivity contribution is 7.99. The lowest BCUT2D eigenvalue weighted by molar-refractivity contribution is 0.463. The summed E-state index contributed by atoms with van der Waals surface area (Å²) in [5.41, 5.74) is 5.97. The van der Waals surface area contributed by atoms with Gasteiger partial charge in [0.25, 0.3) is 0 Å². The molecule has 2 rings (SSSR count). The molecule has 0 saturated heterocycles. The Kier molecular flexibility index (Phi) is 3.70. The van der Waals surface area contributed by atoms with E-state index < -0.39 is 0 Å². The van der Waals surface area contributed by atoms with E-state index in [0.29, 0.717) is 5.92 Å². The van der Waals surface area contributed by atoms with E-state index >= 15 is 0 Å². The molecule has 1 saturated carbocycles. The van der Waals surface area contributed by atoms with Crippen molar-refractivity contribution in [2.45, 2.75) is 36.9 Å². The molecule has 1 heterocycles. The number of nitrogens with one attached hydrogen (secondary N) is 1. The zero-order valence-electron chi connectivity index (χ0n) is 9.48. The fourth-order valence-corrected chi connectivity index (χ4v) is 3.15. The lowest BCUT2D eigenvalue weighted by atomic mass is 10.0. The maximum absolute atomic E-state index is 11.1. The van der Waals surface area contributed by atoms with Crippen molar-refractivity contribution in [1.29, 1.82) is 0 Å². The minimum Gasteiger partial charge on any atom is -0.327 e. The highest BCUT2D eigenvalue weighted by atomic mass is 32.2. The van der Waals surface area contributed by atoms with Crippen molar-refractivity contribution >= 4 is 11.8 Å². The van der Waals surface area contributed by atoms with E-state index in [0.717, 1.165) is 10.9 Å². The number of H-pyrrole nitrogens is 1.